The van der Waals surface area contributed by atoms with Gasteiger partial charge in [-0.05, 0) is 48.5 Å². The van der Waals surface area contributed by atoms with Crippen molar-refractivity contribution >= 4 is 40.3 Å². The molecular weight excluding hydrogens is 563 g/mol. The minimum atomic E-state index is -2.81. The van der Waals surface area contributed by atoms with E-state index in [-0.39, 0.29) is 17.5 Å². The molecule has 5 aromatic carbocycles. The van der Waals surface area contributed by atoms with Crippen LogP contribution in [-0.2, 0) is 9.53 Å². The molecule has 1 N–H and O–H groups in total. The zero-order valence-corrected chi connectivity index (χ0v) is 25.3. The van der Waals surface area contributed by atoms with Crippen molar-refractivity contribution in [1.82, 2.24) is 10.2 Å². The molecule has 1 fully saturated rings. The van der Waals surface area contributed by atoms with Gasteiger partial charge in [-0.25, -0.2) is 0 Å². The van der Waals surface area contributed by atoms with E-state index in [2.05, 4.69) is 41.7 Å². The summed E-state index contributed by atoms with van der Waals surface area (Å²) in [5.74, 6) is -0.550. The molecular formula is C38H34N2O3P+. The molecule has 0 aromatic heterocycles. The highest BCUT2D eigenvalue weighted by Crippen LogP contribution is 2.67. The summed E-state index contributed by atoms with van der Waals surface area (Å²) in [4.78, 5) is 30.6. The van der Waals surface area contributed by atoms with Crippen LogP contribution in [0.5, 0.6) is 0 Å². The SMILES string of the molecule is O=C(NC(C(=O)N1CCOCC1)=C(c1ccccc1)[P+](c1ccccc1)(c1ccccc1)c1ccccc1)c1ccccc1. The number of carbonyl (C=O) groups excluding carboxylic acids is 2. The van der Waals surface area contributed by atoms with Gasteiger partial charge in [0.2, 0.25) is 0 Å². The fraction of sp³-hybridized carbons (Fsp3) is 0.105. The molecule has 1 heterocycles. The summed E-state index contributed by atoms with van der Waals surface area (Å²) < 4.78 is 5.61. The van der Waals surface area contributed by atoms with Crippen molar-refractivity contribution in [1.29, 1.82) is 0 Å². The Bertz CT molecular complexity index is 1630. The van der Waals surface area contributed by atoms with Gasteiger partial charge in [0.05, 0.1) is 13.2 Å². The normalized spacial score (nSPS) is 14.0. The monoisotopic (exact) mass is 597 g/mol. The second kappa shape index (κ2) is 13.6. The third-order valence-corrected chi connectivity index (χ3v) is 12.2. The number of carbonyl (C=O) groups is 2. The number of nitrogens with zero attached hydrogens (tertiary/aromatic N) is 1. The van der Waals surface area contributed by atoms with Crippen LogP contribution in [-0.4, -0.2) is 43.0 Å². The molecule has 0 atom stereocenters. The lowest BCUT2D eigenvalue weighted by atomic mass is 10.1. The van der Waals surface area contributed by atoms with Gasteiger partial charge in [-0.15, -0.1) is 0 Å². The summed E-state index contributed by atoms with van der Waals surface area (Å²) >= 11 is 0. The van der Waals surface area contributed by atoms with Crippen LogP contribution in [0.15, 0.2) is 157 Å². The minimum Gasteiger partial charge on any atom is -0.378 e. The summed E-state index contributed by atoms with van der Waals surface area (Å²) in [5.41, 5.74) is 1.65. The maximum atomic E-state index is 14.8. The topological polar surface area (TPSA) is 58.6 Å². The summed E-state index contributed by atoms with van der Waals surface area (Å²) in [6.45, 7) is 1.78. The van der Waals surface area contributed by atoms with Crippen molar-refractivity contribution in [3.8, 4) is 0 Å². The van der Waals surface area contributed by atoms with E-state index < -0.39 is 7.26 Å². The summed E-state index contributed by atoms with van der Waals surface area (Å²) in [6, 6.07) is 50.3. The molecule has 0 radical (unpaired) electrons. The Labute approximate surface area is 259 Å². The van der Waals surface area contributed by atoms with Gasteiger partial charge >= 0.3 is 0 Å². The molecule has 0 bridgehead atoms. The molecule has 2 amide bonds. The van der Waals surface area contributed by atoms with Crippen molar-refractivity contribution in [2.24, 2.45) is 0 Å². The van der Waals surface area contributed by atoms with Crippen LogP contribution in [0, 0.1) is 0 Å². The van der Waals surface area contributed by atoms with Crippen LogP contribution < -0.4 is 21.2 Å². The molecule has 6 heteroatoms. The van der Waals surface area contributed by atoms with Gasteiger partial charge in [0, 0.05) is 24.2 Å². The van der Waals surface area contributed by atoms with E-state index in [1.165, 1.54) is 0 Å². The van der Waals surface area contributed by atoms with E-state index in [4.69, 9.17) is 4.74 Å². The van der Waals surface area contributed by atoms with Crippen molar-refractivity contribution < 1.29 is 14.3 Å². The number of morpholine rings is 1. The molecule has 0 unspecified atom stereocenters. The summed E-state index contributed by atoms with van der Waals surface area (Å²) in [6.07, 6.45) is 0. The molecule has 0 spiro atoms. The van der Waals surface area contributed by atoms with E-state index in [1.54, 1.807) is 17.0 Å². The molecule has 1 saturated heterocycles. The standard InChI is InChI=1S/C38H33N2O3P/c41-37(31-18-8-2-9-19-31)39-35(38(42)40-26-28-43-29-27-40)36(30-16-6-1-7-17-30)44(32-20-10-3-11-21-32,33-22-12-4-13-23-33)34-24-14-5-15-25-34/h1-25H,26-29H2/p+1. The molecule has 1 aliphatic rings. The zero-order chi connectivity index (χ0) is 30.2. The van der Waals surface area contributed by atoms with Crippen LogP contribution in [0.4, 0.5) is 0 Å². The fourth-order valence-electron chi connectivity index (χ4n) is 5.80. The lowest BCUT2D eigenvalue weighted by Gasteiger charge is -2.33. The Hall–Kier alpha value is -4.83. The van der Waals surface area contributed by atoms with Crippen molar-refractivity contribution in [3.05, 3.63) is 168 Å². The second-order valence-electron chi connectivity index (χ2n) is 10.5. The molecule has 44 heavy (non-hydrogen) atoms. The molecule has 218 valence electrons. The maximum absolute atomic E-state index is 14.8. The Morgan fingerprint density at radius 1 is 0.545 bits per heavy atom. The molecule has 6 rings (SSSR count). The van der Waals surface area contributed by atoms with Gasteiger partial charge in [-0.1, -0.05) is 103 Å². The Morgan fingerprint density at radius 2 is 0.932 bits per heavy atom. The lowest BCUT2D eigenvalue weighted by Crippen LogP contribution is -2.45. The predicted molar refractivity (Wildman–Crippen MR) is 180 cm³/mol. The number of hydrogen-bond acceptors (Lipinski definition) is 3. The van der Waals surface area contributed by atoms with Crippen LogP contribution in [0.2, 0.25) is 0 Å². The number of benzene rings is 5. The van der Waals surface area contributed by atoms with Crippen molar-refractivity contribution in [2.45, 2.75) is 0 Å². The predicted octanol–water partition coefficient (Wildman–Crippen LogP) is 5.64. The van der Waals surface area contributed by atoms with Gasteiger partial charge in [-0.3, -0.25) is 9.59 Å². The highest BCUT2D eigenvalue weighted by Gasteiger charge is 2.53. The smallest absolute Gasteiger partial charge is 0.274 e. The fourth-order valence-corrected chi connectivity index (χ4v) is 10.4. The van der Waals surface area contributed by atoms with Gasteiger partial charge < -0.3 is 15.0 Å². The van der Waals surface area contributed by atoms with Crippen LogP contribution in [0.25, 0.3) is 5.31 Å². The zero-order valence-electron chi connectivity index (χ0n) is 24.4. The molecule has 5 nitrogen and oxygen atoms in total. The molecule has 0 aliphatic carbocycles. The van der Waals surface area contributed by atoms with Gasteiger partial charge in [0.15, 0.2) is 5.70 Å². The van der Waals surface area contributed by atoms with Crippen molar-refractivity contribution in [3.63, 3.8) is 0 Å². The number of nitrogens with one attached hydrogen (secondary N) is 1. The first-order chi connectivity index (χ1) is 21.7. The summed E-state index contributed by atoms with van der Waals surface area (Å²) in [5, 5.41) is 7.23. The highest BCUT2D eigenvalue weighted by atomic mass is 31.2. The van der Waals surface area contributed by atoms with Gasteiger partial charge in [0.1, 0.15) is 28.5 Å². The van der Waals surface area contributed by atoms with E-state index in [1.807, 2.05) is 103 Å². The van der Waals surface area contributed by atoms with Crippen molar-refractivity contribution in [2.75, 3.05) is 26.3 Å². The number of hydrogen-bond donors (Lipinski definition) is 1. The number of ether oxygens (including phenoxy) is 1. The number of rotatable bonds is 8. The molecule has 1 aliphatic heterocycles. The first-order valence-electron chi connectivity index (χ1n) is 14.8. The quantitative estimate of drug-likeness (QED) is 0.186. The summed E-state index contributed by atoms with van der Waals surface area (Å²) in [7, 11) is -2.81. The first-order valence-corrected chi connectivity index (χ1v) is 16.6. The second-order valence-corrected chi connectivity index (χ2v) is 13.8. The van der Waals surface area contributed by atoms with E-state index in [9.17, 15) is 9.59 Å². The van der Waals surface area contributed by atoms with E-state index >= 15 is 0 Å². The third-order valence-electron chi connectivity index (χ3n) is 7.84. The Morgan fingerprint density at radius 3 is 1.36 bits per heavy atom. The number of amides is 2. The molecule has 5 aromatic rings. The average molecular weight is 598 g/mol. The Balaban J connectivity index is 1.75. The lowest BCUT2D eigenvalue weighted by molar-refractivity contribution is -0.131. The van der Waals surface area contributed by atoms with E-state index in [0.717, 1.165) is 26.8 Å². The minimum absolute atomic E-state index is 0.219. The van der Waals surface area contributed by atoms with Crippen LogP contribution in [0.3, 0.4) is 0 Å². The Kier molecular flexibility index (Phi) is 9.07. The largest absolute Gasteiger partial charge is 0.378 e. The van der Waals surface area contributed by atoms with Gasteiger partial charge in [0.25, 0.3) is 11.8 Å². The maximum Gasteiger partial charge on any atom is 0.274 e. The third kappa shape index (κ3) is 5.85. The van der Waals surface area contributed by atoms with Crippen LogP contribution >= 0.6 is 7.26 Å². The van der Waals surface area contributed by atoms with E-state index in [0.29, 0.717) is 31.9 Å². The van der Waals surface area contributed by atoms with Crippen LogP contribution in [0.1, 0.15) is 15.9 Å². The average Bonchev–Trinajstić information content (AvgIpc) is 3.11. The molecule has 0 saturated carbocycles. The van der Waals surface area contributed by atoms with Gasteiger partial charge in [-0.2, -0.15) is 0 Å². The highest BCUT2D eigenvalue weighted by molar-refractivity contribution is 8.03. The first kappa shape index (κ1) is 29.3.